The fourth-order valence-corrected chi connectivity index (χ4v) is 3.40. The number of benzene rings is 2. The number of carbonyl (C=O) groups is 1. The van der Waals surface area contributed by atoms with Crippen LogP contribution in [0.4, 0.5) is 16.3 Å². The molecule has 0 bridgehead atoms. The highest BCUT2D eigenvalue weighted by molar-refractivity contribution is 7.98. The largest absolute Gasteiger partial charge is 0.513 e. The molecule has 30 heavy (non-hydrogen) atoms. The van der Waals surface area contributed by atoms with Crippen molar-refractivity contribution in [3.05, 3.63) is 71.9 Å². The molecule has 0 atom stereocenters. The Morgan fingerprint density at radius 3 is 2.63 bits per heavy atom. The first-order chi connectivity index (χ1) is 14.5. The Balaban J connectivity index is 1.64. The quantitative estimate of drug-likeness (QED) is 0.206. The van der Waals surface area contributed by atoms with Crippen molar-refractivity contribution in [1.29, 1.82) is 0 Å². The van der Waals surface area contributed by atoms with Gasteiger partial charge in [-0.3, -0.25) is 0 Å². The Labute approximate surface area is 181 Å². The van der Waals surface area contributed by atoms with Crippen LogP contribution in [0.1, 0.15) is 25.1 Å². The molecule has 156 valence electrons. The van der Waals surface area contributed by atoms with Gasteiger partial charge in [-0.2, -0.15) is 0 Å². The van der Waals surface area contributed by atoms with E-state index >= 15 is 0 Å². The van der Waals surface area contributed by atoms with Crippen LogP contribution in [0.15, 0.2) is 65.8 Å². The summed E-state index contributed by atoms with van der Waals surface area (Å²) in [4.78, 5) is 20.9. The van der Waals surface area contributed by atoms with Crippen LogP contribution in [-0.4, -0.2) is 22.7 Å². The lowest BCUT2D eigenvalue weighted by Gasteiger charge is -2.11. The first kappa shape index (κ1) is 21.6. The third-order valence-electron chi connectivity index (χ3n) is 3.89. The lowest BCUT2D eigenvalue weighted by atomic mass is 10.2. The van der Waals surface area contributed by atoms with E-state index in [9.17, 15) is 4.79 Å². The second kappa shape index (κ2) is 10.6. The Bertz CT molecular complexity index is 980. The fraction of sp³-hybridized carbons (Fsp3) is 0.261. The number of anilines is 2. The SMILES string of the molecule is Cc1cc(Nc2cccc(OC(=O)OCC(C)C)c2)nc(SCc2ccccc2)n1. The summed E-state index contributed by atoms with van der Waals surface area (Å²) in [5.41, 5.74) is 2.84. The fourth-order valence-electron chi connectivity index (χ4n) is 2.54. The Morgan fingerprint density at radius 1 is 1.07 bits per heavy atom. The molecule has 7 heteroatoms. The summed E-state index contributed by atoms with van der Waals surface area (Å²) in [6.45, 7) is 6.19. The molecule has 6 nitrogen and oxygen atoms in total. The van der Waals surface area contributed by atoms with E-state index in [4.69, 9.17) is 9.47 Å². The average Bonchev–Trinajstić information content (AvgIpc) is 2.71. The normalized spacial score (nSPS) is 10.7. The first-order valence-electron chi connectivity index (χ1n) is 9.72. The van der Waals surface area contributed by atoms with Gasteiger partial charge in [-0.05, 0) is 30.5 Å². The number of rotatable bonds is 8. The zero-order chi connectivity index (χ0) is 21.3. The number of nitrogens with zero attached hydrogens (tertiary/aromatic N) is 2. The van der Waals surface area contributed by atoms with E-state index in [1.807, 2.05) is 51.1 Å². The molecule has 1 N–H and O–H groups in total. The van der Waals surface area contributed by atoms with Gasteiger partial charge in [-0.25, -0.2) is 14.8 Å². The van der Waals surface area contributed by atoms with E-state index < -0.39 is 6.16 Å². The zero-order valence-corrected chi connectivity index (χ0v) is 18.1. The zero-order valence-electron chi connectivity index (χ0n) is 17.3. The van der Waals surface area contributed by atoms with E-state index in [1.54, 1.807) is 30.0 Å². The molecule has 0 aliphatic rings. The van der Waals surface area contributed by atoms with Gasteiger partial charge in [-0.1, -0.05) is 62.0 Å². The minimum atomic E-state index is -0.710. The molecular weight excluding hydrogens is 398 g/mol. The summed E-state index contributed by atoms with van der Waals surface area (Å²) < 4.78 is 10.3. The molecular formula is C23H25N3O3S. The van der Waals surface area contributed by atoms with Crippen molar-refractivity contribution in [3.8, 4) is 5.75 Å². The van der Waals surface area contributed by atoms with Crippen LogP contribution in [0, 0.1) is 12.8 Å². The van der Waals surface area contributed by atoms with Crippen molar-refractivity contribution in [2.24, 2.45) is 5.92 Å². The third kappa shape index (κ3) is 7.08. The highest BCUT2D eigenvalue weighted by atomic mass is 32.2. The van der Waals surface area contributed by atoms with E-state index in [2.05, 4.69) is 27.4 Å². The maximum atomic E-state index is 11.8. The lowest BCUT2D eigenvalue weighted by molar-refractivity contribution is 0.0886. The van der Waals surface area contributed by atoms with Crippen LogP contribution in [-0.2, 0) is 10.5 Å². The summed E-state index contributed by atoms with van der Waals surface area (Å²) in [7, 11) is 0. The van der Waals surface area contributed by atoms with Crippen LogP contribution in [0.25, 0.3) is 0 Å². The number of thioether (sulfide) groups is 1. The number of ether oxygens (including phenoxy) is 2. The average molecular weight is 424 g/mol. The number of aromatic nitrogens is 2. The monoisotopic (exact) mass is 423 g/mol. The van der Waals surface area contributed by atoms with Gasteiger partial charge < -0.3 is 14.8 Å². The van der Waals surface area contributed by atoms with Crippen LogP contribution in [0.3, 0.4) is 0 Å². The van der Waals surface area contributed by atoms with Gasteiger partial charge in [0.15, 0.2) is 5.16 Å². The number of aryl methyl sites for hydroxylation is 1. The molecule has 0 saturated heterocycles. The van der Waals surface area contributed by atoms with Crippen molar-refractivity contribution in [1.82, 2.24) is 9.97 Å². The van der Waals surface area contributed by atoms with Gasteiger partial charge in [0.05, 0.1) is 6.61 Å². The summed E-state index contributed by atoms with van der Waals surface area (Å²) in [5, 5.41) is 3.95. The van der Waals surface area contributed by atoms with Gasteiger partial charge in [0.1, 0.15) is 11.6 Å². The Hall–Kier alpha value is -3.06. The van der Waals surface area contributed by atoms with Crippen LogP contribution in [0.5, 0.6) is 5.75 Å². The van der Waals surface area contributed by atoms with Crippen molar-refractivity contribution in [2.45, 2.75) is 31.7 Å². The molecule has 1 heterocycles. The topological polar surface area (TPSA) is 73.3 Å². The molecule has 3 aromatic rings. The van der Waals surface area contributed by atoms with Gasteiger partial charge in [0.2, 0.25) is 0 Å². The standard InChI is InChI=1S/C23H25N3O3S/c1-16(2)14-28-23(27)29-20-11-7-10-19(13-20)25-21-12-17(3)24-22(26-21)30-15-18-8-5-4-6-9-18/h4-13,16H,14-15H2,1-3H3,(H,24,25,26). The molecule has 0 amide bonds. The maximum absolute atomic E-state index is 11.8. The molecule has 1 aromatic heterocycles. The highest BCUT2D eigenvalue weighted by Crippen LogP contribution is 2.24. The van der Waals surface area contributed by atoms with Crippen molar-refractivity contribution < 1.29 is 14.3 Å². The Kier molecular flexibility index (Phi) is 7.68. The smallest absolute Gasteiger partial charge is 0.434 e. The van der Waals surface area contributed by atoms with Gasteiger partial charge in [0, 0.05) is 29.3 Å². The number of hydrogen-bond acceptors (Lipinski definition) is 7. The van der Waals surface area contributed by atoms with E-state index in [1.165, 1.54) is 5.56 Å². The van der Waals surface area contributed by atoms with E-state index in [0.29, 0.717) is 23.3 Å². The number of nitrogens with one attached hydrogen (secondary N) is 1. The lowest BCUT2D eigenvalue weighted by Crippen LogP contribution is -2.14. The van der Waals surface area contributed by atoms with E-state index in [0.717, 1.165) is 17.1 Å². The summed E-state index contributed by atoms with van der Waals surface area (Å²) in [5.74, 6) is 2.13. The minimum absolute atomic E-state index is 0.250. The minimum Gasteiger partial charge on any atom is -0.434 e. The number of carbonyl (C=O) groups excluding carboxylic acids is 1. The number of hydrogen-bond donors (Lipinski definition) is 1. The van der Waals surface area contributed by atoms with Gasteiger partial charge >= 0.3 is 6.16 Å². The molecule has 0 aliphatic carbocycles. The molecule has 2 aromatic carbocycles. The molecule has 3 rings (SSSR count). The van der Waals surface area contributed by atoms with Crippen LogP contribution < -0.4 is 10.1 Å². The van der Waals surface area contributed by atoms with Crippen molar-refractivity contribution in [2.75, 3.05) is 11.9 Å². The second-order valence-electron chi connectivity index (χ2n) is 7.16. The predicted octanol–water partition coefficient (Wildman–Crippen LogP) is 5.99. The van der Waals surface area contributed by atoms with Gasteiger partial charge in [0.25, 0.3) is 0 Å². The van der Waals surface area contributed by atoms with E-state index in [-0.39, 0.29) is 5.92 Å². The summed E-state index contributed by atoms with van der Waals surface area (Å²) in [6.07, 6.45) is -0.710. The predicted molar refractivity (Wildman–Crippen MR) is 119 cm³/mol. The molecule has 0 radical (unpaired) electrons. The van der Waals surface area contributed by atoms with Crippen molar-refractivity contribution >= 4 is 29.4 Å². The molecule has 0 saturated carbocycles. The van der Waals surface area contributed by atoms with Crippen LogP contribution >= 0.6 is 11.8 Å². The van der Waals surface area contributed by atoms with Crippen molar-refractivity contribution in [3.63, 3.8) is 0 Å². The maximum Gasteiger partial charge on any atom is 0.513 e. The molecule has 0 fully saturated rings. The molecule has 0 unspecified atom stereocenters. The second-order valence-corrected chi connectivity index (χ2v) is 8.10. The summed E-state index contributed by atoms with van der Waals surface area (Å²) in [6, 6.07) is 19.2. The first-order valence-corrected chi connectivity index (χ1v) is 10.7. The van der Waals surface area contributed by atoms with Gasteiger partial charge in [-0.15, -0.1) is 0 Å². The Morgan fingerprint density at radius 2 is 1.87 bits per heavy atom. The van der Waals surface area contributed by atoms with Crippen LogP contribution in [0.2, 0.25) is 0 Å². The summed E-state index contributed by atoms with van der Waals surface area (Å²) >= 11 is 1.58. The molecule has 0 spiro atoms. The highest BCUT2D eigenvalue weighted by Gasteiger charge is 2.09. The third-order valence-corrected chi connectivity index (χ3v) is 4.81. The molecule has 0 aliphatic heterocycles.